The predicted octanol–water partition coefficient (Wildman–Crippen LogP) is 0.825. The molecule has 0 heterocycles. The molecule has 0 unspecified atom stereocenters. The molecule has 16 heavy (non-hydrogen) atoms. The molecule has 0 N–H and O–H groups in total. The third-order valence-electron chi connectivity index (χ3n) is 2.26. The molecule has 0 fully saturated rings. The zero-order chi connectivity index (χ0) is 12.4. The Hall–Kier alpha value is -1.10. The number of esters is 2. The highest BCUT2D eigenvalue weighted by atomic mass is 16.5. The molecule has 5 heteroatoms. The van der Waals surface area contributed by atoms with E-state index < -0.39 is 0 Å². The molecular weight excluding hydrogens is 210 g/mol. The fraction of sp³-hybridized carbons (Fsp3) is 0.818. The summed E-state index contributed by atoms with van der Waals surface area (Å²) in [7, 11) is 2.75. The number of methoxy groups -OCH3 is 2. The smallest absolute Gasteiger partial charge is 0.306 e. The van der Waals surface area contributed by atoms with E-state index in [2.05, 4.69) is 21.3 Å². The van der Waals surface area contributed by atoms with Crippen LogP contribution in [0.4, 0.5) is 0 Å². The molecule has 0 aromatic rings. The molecular formula is C11H21NO4. The van der Waals surface area contributed by atoms with Crippen molar-refractivity contribution in [1.29, 1.82) is 0 Å². The van der Waals surface area contributed by atoms with Crippen molar-refractivity contribution in [3.8, 4) is 0 Å². The molecule has 0 aromatic carbocycles. The fourth-order valence-corrected chi connectivity index (χ4v) is 1.35. The monoisotopic (exact) mass is 231 g/mol. The van der Waals surface area contributed by atoms with Gasteiger partial charge in [-0.1, -0.05) is 6.92 Å². The highest BCUT2D eigenvalue weighted by molar-refractivity contribution is 5.70. The Morgan fingerprint density at radius 3 is 1.69 bits per heavy atom. The van der Waals surface area contributed by atoms with Gasteiger partial charge in [0.25, 0.3) is 0 Å². The number of carbonyl (C=O) groups excluding carboxylic acids is 2. The van der Waals surface area contributed by atoms with Crippen molar-refractivity contribution in [2.45, 2.75) is 26.2 Å². The Morgan fingerprint density at radius 2 is 1.38 bits per heavy atom. The zero-order valence-corrected chi connectivity index (χ0v) is 10.3. The van der Waals surface area contributed by atoms with E-state index in [1.807, 2.05) is 0 Å². The number of ether oxygens (including phenoxy) is 2. The van der Waals surface area contributed by atoms with Crippen LogP contribution in [0.5, 0.6) is 0 Å². The molecule has 0 aromatic heterocycles. The average molecular weight is 231 g/mol. The maximum Gasteiger partial charge on any atom is 0.306 e. The summed E-state index contributed by atoms with van der Waals surface area (Å²) in [6.07, 6.45) is 1.71. The predicted molar refractivity (Wildman–Crippen MR) is 60.0 cm³/mol. The quantitative estimate of drug-likeness (QED) is 0.579. The average Bonchev–Trinajstić information content (AvgIpc) is 2.31. The van der Waals surface area contributed by atoms with Crippen molar-refractivity contribution >= 4 is 11.9 Å². The first-order valence-electron chi connectivity index (χ1n) is 5.50. The zero-order valence-electron chi connectivity index (χ0n) is 10.3. The summed E-state index contributed by atoms with van der Waals surface area (Å²) in [6, 6.07) is 0. The van der Waals surface area contributed by atoms with Gasteiger partial charge in [-0.25, -0.2) is 0 Å². The third kappa shape index (κ3) is 7.23. The van der Waals surface area contributed by atoms with E-state index in [1.54, 1.807) is 0 Å². The number of nitrogens with zero attached hydrogens (tertiary/aromatic N) is 1. The summed E-state index contributed by atoms with van der Waals surface area (Å²) in [6.45, 7) is 4.17. The van der Waals surface area contributed by atoms with Crippen LogP contribution in [0.15, 0.2) is 0 Å². The summed E-state index contributed by atoms with van der Waals surface area (Å²) in [4.78, 5) is 24.0. The molecule has 0 amide bonds. The first-order valence-corrected chi connectivity index (χ1v) is 5.50. The van der Waals surface area contributed by atoms with Crippen LogP contribution in [0, 0.1) is 0 Å². The van der Waals surface area contributed by atoms with E-state index in [0.29, 0.717) is 25.9 Å². The van der Waals surface area contributed by atoms with E-state index in [9.17, 15) is 9.59 Å². The molecule has 0 bridgehead atoms. The van der Waals surface area contributed by atoms with Gasteiger partial charge >= 0.3 is 11.9 Å². The lowest BCUT2D eigenvalue weighted by Crippen LogP contribution is -2.30. The van der Waals surface area contributed by atoms with Crippen LogP contribution in [0.2, 0.25) is 0 Å². The van der Waals surface area contributed by atoms with Gasteiger partial charge in [0.15, 0.2) is 0 Å². The summed E-state index contributed by atoms with van der Waals surface area (Å²) in [5.74, 6) is -0.446. The molecule has 0 radical (unpaired) electrons. The van der Waals surface area contributed by atoms with Crippen molar-refractivity contribution in [3.63, 3.8) is 0 Å². The third-order valence-corrected chi connectivity index (χ3v) is 2.26. The van der Waals surface area contributed by atoms with Crippen molar-refractivity contribution in [2.75, 3.05) is 33.9 Å². The summed E-state index contributed by atoms with van der Waals surface area (Å²) in [5, 5.41) is 0. The van der Waals surface area contributed by atoms with Crippen LogP contribution in [-0.4, -0.2) is 50.7 Å². The van der Waals surface area contributed by atoms with Gasteiger partial charge in [-0.05, 0) is 13.0 Å². The van der Waals surface area contributed by atoms with E-state index in [1.165, 1.54) is 14.2 Å². The molecule has 0 saturated heterocycles. The van der Waals surface area contributed by atoms with Crippen molar-refractivity contribution in [1.82, 2.24) is 4.90 Å². The van der Waals surface area contributed by atoms with Gasteiger partial charge in [-0.2, -0.15) is 0 Å². The minimum absolute atomic E-state index is 0.223. The second-order valence-electron chi connectivity index (χ2n) is 3.49. The normalized spacial score (nSPS) is 10.2. The van der Waals surface area contributed by atoms with E-state index in [0.717, 1.165) is 13.0 Å². The maximum absolute atomic E-state index is 11.0. The molecule has 0 aliphatic heterocycles. The van der Waals surface area contributed by atoms with Crippen LogP contribution in [0.3, 0.4) is 0 Å². The van der Waals surface area contributed by atoms with Gasteiger partial charge in [0.1, 0.15) is 0 Å². The Labute approximate surface area is 96.7 Å². The molecule has 0 aliphatic rings. The highest BCUT2D eigenvalue weighted by Crippen LogP contribution is 1.98. The standard InChI is InChI=1S/C11H21NO4/c1-4-7-12(8-5-10(13)15-2)9-6-11(14)16-3/h4-9H2,1-3H3. The van der Waals surface area contributed by atoms with E-state index in [4.69, 9.17) is 0 Å². The van der Waals surface area contributed by atoms with Crippen LogP contribution in [0.25, 0.3) is 0 Å². The van der Waals surface area contributed by atoms with Gasteiger partial charge in [-0.3, -0.25) is 9.59 Å². The molecule has 0 aliphatic carbocycles. The Bertz CT molecular complexity index is 198. The van der Waals surface area contributed by atoms with Gasteiger partial charge in [-0.15, -0.1) is 0 Å². The molecule has 0 atom stereocenters. The maximum atomic E-state index is 11.0. The SMILES string of the molecule is CCCN(CCC(=O)OC)CCC(=O)OC. The highest BCUT2D eigenvalue weighted by Gasteiger charge is 2.09. The molecule has 94 valence electrons. The van der Waals surface area contributed by atoms with Crippen molar-refractivity contribution in [3.05, 3.63) is 0 Å². The topological polar surface area (TPSA) is 55.8 Å². The molecule has 0 saturated carbocycles. The lowest BCUT2D eigenvalue weighted by atomic mass is 10.3. The number of hydrogen-bond acceptors (Lipinski definition) is 5. The van der Waals surface area contributed by atoms with E-state index >= 15 is 0 Å². The number of carbonyl (C=O) groups is 2. The number of hydrogen-bond donors (Lipinski definition) is 0. The summed E-state index contributed by atoms with van der Waals surface area (Å²) >= 11 is 0. The first kappa shape index (κ1) is 14.9. The van der Waals surface area contributed by atoms with Crippen LogP contribution < -0.4 is 0 Å². The van der Waals surface area contributed by atoms with Crippen molar-refractivity contribution in [2.24, 2.45) is 0 Å². The van der Waals surface area contributed by atoms with Crippen LogP contribution in [-0.2, 0) is 19.1 Å². The Balaban J connectivity index is 3.87. The Morgan fingerprint density at radius 1 is 0.938 bits per heavy atom. The van der Waals surface area contributed by atoms with Gasteiger partial charge < -0.3 is 14.4 Å². The fourth-order valence-electron chi connectivity index (χ4n) is 1.35. The van der Waals surface area contributed by atoms with Gasteiger partial charge in [0.05, 0.1) is 27.1 Å². The van der Waals surface area contributed by atoms with Gasteiger partial charge in [0, 0.05) is 13.1 Å². The number of rotatable bonds is 8. The minimum Gasteiger partial charge on any atom is -0.469 e. The van der Waals surface area contributed by atoms with Crippen molar-refractivity contribution < 1.29 is 19.1 Å². The van der Waals surface area contributed by atoms with Gasteiger partial charge in [0.2, 0.25) is 0 Å². The summed E-state index contributed by atoms with van der Waals surface area (Å²) < 4.78 is 9.14. The Kier molecular flexibility index (Phi) is 8.52. The van der Waals surface area contributed by atoms with Crippen LogP contribution in [0.1, 0.15) is 26.2 Å². The molecule has 0 spiro atoms. The van der Waals surface area contributed by atoms with E-state index in [-0.39, 0.29) is 11.9 Å². The summed E-state index contributed by atoms with van der Waals surface area (Å²) in [5.41, 5.74) is 0. The first-order chi connectivity index (χ1) is 7.63. The second-order valence-corrected chi connectivity index (χ2v) is 3.49. The molecule has 5 nitrogen and oxygen atoms in total. The largest absolute Gasteiger partial charge is 0.469 e. The molecule has 0 rings (SSSR count). The lowest BCUT2D eigenvalue weighted by Gasteiger charge is -2.20. The second kappa shape index (κ2) is 9.15. The lowest BCUT2D eigenvalue weighted by molar-refractivity contribution is -0.141. The van der Waals surface area contributed by atoms with Crippen LogP contribution >= 0.6 is 0 Å². The minimum atomic E-state index is -0.223.